The highest BCUT2D eigenvalue weighted by Gasteiger charge is 2.39. The van der Waals surface area contributed by atoms with E-state index >= 15 is 0 Å². The van der Waals surface area contributed by atoms with Crippen LogP contribution in [0.1, 0.15) is 71.4 Å². The van der Waals surface area contributed by atoms with Gasteiger partial charge in [0, 0.05) is 23.0 Å². The highest BCUT2D eigenvalue weighted by molar-refractivity contribution is 8.19. The van der Waals surface area contributed by atoms with Gasteiger partial charge < -0.3 is 0 Å². The maximum atomic E-state index is 13.9. The Kier molecular flexibility index (Phi) is 9.88. The summed E-state index contributed by atoms with van der Waals surface area (Å²) in [5.74, 6) is 0.234. The van der Waals surface area contributed by atoms with Crippen molar-refractivity contribution in [1.29, 1.82) is 0 Å². The smallest absolute Gasteiger partial charge is 0.176 e. The van der Waals surface area contributed by atoms with Crippen LogP contribution in [-0.4, -0.2) is 26.1 Å². The molecule has 4 atom stereocenters. The van der Waals surface area contributed by atoms with Crippen molar-refractivity contribution in [2.75, 3.05) is 0 Å². The Bertz CT molecular complexity index is 1230. The molecular formula is C35H36O2S2. The van der Waals surface area contributed by atoms with E-state index in [1.54, 1.807) is 23.5 Å². The van der Waals surface area contributed by atoms with Gasteiger partial charge >= 0.3 is 0 Å². The van der Waals surface area contributed by atoms with Crippen LogP contribution in [0.3, 0.4) is 0 Å². The first-order valence-corrected chi connectivity index (χ1v) is 15.2. The fourth-order valence-electron chi connectivity index (χ4n) is 4.80. The van der Waals surface area contributed by atoms with E-state index in [0.29, 0.717) is 11.1 Å². The van der Waals surface area contributed by atoms with Gasteiger partial charge in [-0.1, -0.05) is 135 Å². The number of hydrogen-bond donors (Lipinski definition) is 0. The van der Waals surface area contributed by atoms with Crippen molar-refractivity contribution >= 4 is 35.1 Å². The van der Waals surface area contributed by atoms with E-state index in [-0.39, 0.29) is 33.9 Å². The van der Waals surface area contributed by atoms with Crippen LogP contribution in [0.4, 0.5) is 0 Å². The molecule has 0 spiro atoms. The monoisotopic (exact) mass is 552 g/mol. The molecule has 0 amide bonds. The van der Waals surface area contributed by atoms with E-state index < -0.39 is 4.08 Å². The molecule has 4 rings (SSSR count). The topological polar surface area (TPSA) is 34.1 Å². The van der Waals surface area contributed by atoms with E-state index in [2.05, 4.69) is 52.0 Å². The molecule has 4 heteroatoms. The minimum Gasteiger partial charge on any atom is -0.293 e. The summed E-state index contributed by atoms with van der Waals surface area (Å²) in [5, 5.41) is -0.617. The van der Waals surface area contributed by atoms with E-state index in [1.165, 1.54) is 0 Å². The minimum absolute atomic E-state index is 0.00129. The van der Waals surface area contributed by atoms with Crippen LogP contribution < -0.4 is 0 Å². The standard InChI is InChI=1S/C35H36O2S2/c1-25(27-17-9-5-10-18-27)33(31(36)29-21-13-7-14-22-29)38-35(3,4)39-34(26(2)28-19-11-6-12-20-28)32(37)30-23-15-8-16-24-30/h5-26,33-34H,1-4H3. The van der Waals surface area contributed by atoms with Gasteiger partial charge in [-0.2, -0.15) is 0 Å². The van der Waals surface area contributed by atoms with Crippen molar-refractivity contribution < 1.29 is 9.59 Å². The zero-order valence-corrected chi connectivity index (χ0v) is 24.6. The van der Waals surface area contributed by atoms with Crippen molar-refractivity contribution in [1.82, 2.24) is 0 Å². The van der Waals surface area contributed by atoms with Crippen molar-refractivity contribution in [3.8, 4) is 0 Å². The third kappa shape index (κ3) is 7.52. The molecule has 0 radical (unpaired) electrons. The van der Waals surface area contributed by atoms with Gasteiger partial charge in [-0.25, -0.2) is 0 Å². The average molecular weight is 553 g/mol. The molecule has 200 valence electrons. The van der Waals surface area contributed by atoms with Crippen molar-refractivity contribution in [3.05, 3.63) is 144 Å². The van der Waals surface area contributed by atoms with E-state index in [4.69, 9.17) is 0 Å². The first-order chi connectivity index (χ1) is 18.8. The highest BCUT2D eigenvalue weighted by Crippen LogP contribution is 2.48. The second-order valence-electron chi connectivity index (χ2n) is 10.3. The summed E-state index contributed by atoms with van der Waals surface area (Å²) in [6, 6.07) is 39.6. The van der Waals surface area contributed by atoms with Crippen molar-refractivity contribution in [2.24, 2.45) is 0 Å². The minimum atomic E-state index is -0.420. The summed E-state index contributed by atoms with van der Waals surface area (Å²) in [6.07, 6.45) is 0. The molecule has 0 fully saturated rings. The lowest BCUT2D eigenvalue weighted by Gasteiger charge is -2.35. The quantitative estimate of drug-likeness (QED) is 0.130. The first-order valence-electron chi connectivity index (χ1n) is 13.4. The fourth-order valence-corrected chi connectivity index (χ4v) is 8.08. The molecular weight excluding hydrogens is 517 g/mol. The summed E-state index contributed by atoms with van der Waals surface area (Å²) in [7, 11) is 0. The van der Waals surface area contributed by atoms with Crippen LogP contribution >= 0.6 is 23.5 Å². The predicted octanol–water partition coefficient (Wildman–Crippen LogP) is 9.30. The van der Waals surface area contributed by atoms with Gasteiger partial charge in [0.1, 0.15) is 0 Å². The summed E-state index contributed by atoms with van der Waals surface area (Å²) in [5.41, 5.74) is 3.70. The zero-order valence-electron chi connectivity index (χ0n) is 23.0. The maximum Gasteiger partial charge on any atom is 0.176 e. The Morgan fingerprint density at radius 1 is 0.513 bits per heavy atom. The Morgan fingerprint density at radius 2 is 0.795 bits per heavy atom. The molecule has 0 aliphatic rings. The van der Waals surface area contributed by atoms with Gasteiger partial charge in [0.05, 0.1) is 14.6 Å². The first kappa shape index (κ1) is 28.9. The summed E-state index contributed by atoms with van der Waals surface area (Å²) in [6.45, 7) is 8.56. The highest BCUT2D eigenvalue weighted by atomic mass is 32.2. The lowest BCUT2D eigenvalue weighted by Crippen LogP contribution is -2.33. The Morgan fingerprint density at radius 3 is 1.10 bits per heavy atom. The van der Waals surface area contributed by atoms with Crippen LogP contribution in [0.25, 0.3) is 0 Å². The summed E-state index contributed by atoms with van der Waals surface area (Å²) < 4.78 is -0.420. The number of hydrogen-bond acceptors (Lipinski definition) is 4. The Labute approximate surface area is 241 Å². The maximum absolute atomic E-state index is 13.9. The predicted molar refractivity (Wildman–Crippen MR) is 168 cm³/mol. The van der Waals surface area contributed by atoms with Crippen LogP contribution in [0, 0.1) is 0 Å². The molecule has 0 saturated heterocycles. The van der Waals surface area contributed by atoms with Crippen LogP contribution in [-0.2, 0) is 0 Å². The zero-order chi connectivity index (χ0) is 27.8. The number of carbonyl (C=O) groups excluding carboxylic acids is 2. The third-order valence-electron chi connectivity index (χ3n) is 7.01. The van der Waals surface area contributed by atoms with Gasteiger partial charge in [0.2, 0.25) is 0 Å². The molecule has 4 unspecified atom stereocenters. The number of Topliss-reactive ketones (excluding diaryl/α,β-unsaturated/α-hetero) is 2. The number of ketones is 2. The van der Waals surface area contributed by atoms with Gasteiger partial charge in [0.25, 0.3) is 0 Å². The molecule has 2 nitrogen and oxygen atoms in total. The fraction of sp³-hybridized carbons (Fsp3) is 0.257. The van der Waals surface area contributed by atoms with Gasteiger partial charge in [0.15, 0.2) is 11.6 Å². The van der Waals surface area contributed by atoms with Crippen molar-refractivity contribution in [2.45, 2.75) is 54.1 Å². The number of thioether (sulfide) groups is 2. The summed E-state index contributed by atoms with van der Waals surface area (Å²) in [4.78, 5) is 27.9. The SMILES string of the molecule is CC(c1ccccc1)C(SC(C)(C)SC(C(=O)c1ccccc1)C(C)c1ccccc1)C(=O)c1ccccc1. The van der Waals surface area contributed by atoms with Crippen LogP contribution in [0.2, 0.25) is 0 Å². The molecule has 0 aromatic heterocycles. The molecule has 4 aromatic carbocycles. The third-order valence-corrected chi connectivity index (χ3v) is 10.5. The van der Waals surface area contributed by atoms with E-state index in [1.807, 2.05) is 97.1 Å². The van der Waals surface area contributed by atoms with Gasteiger partial charge in [-0.05, 0) is 25.0 Å². The number of carbonyl (C=O) groups is 2. The second-order valence-corrected chi connectivity index (χ2v) is 14.1. The van der Waals surface area contributed by atoms with E-state index in [0.717, 1.165) is 11.1 Å². The normalized spacial score (nSPS) is 14.7. The molecule has 39 heavy (non-hydrogen) atoms. The van der Waals surface area contributed by atoms with E-state index in [9.17, 15) is 9.59 Å². The Hall–Kier alpha value is -3.08. The molecule has 0 aliphatic carbocycles. The Balaban J connectivity index is 1.66. The largest absolute Gasteiger partial charge is 0.293 e. The van der Waals surface area contributed by atoms with Gasteiger partial charge in [-0.15, -0.1) is 23.5 Å². The molecule has 0 aliphatic heterocycles. The van der Waals surface area contributed by atoms with Crippen LogP contribution in [0.5, 0.6) is 0 Å². The summed E-state index contributed by atoms with van der Waals surface area (Å²) >= 11 is 3.34. The second kappa shape index (κ2) is 13.3. The molecule has 0 bridgehead atoms. The lowest BCUT2D eigenvalue weighted by molar-refractivity contribution is 0.0975. The molecule has 0 N–H and O–H groups in total. The molecule has 0 heterocycles. The number of benzene rings is 4. The van der Waals surface area contributed by atoms with Crippen molar-refractivity contribution in [3.63, 3.8) is 0 Å². The molecule has 0 saturated carbocycles. The van der Waals surface area contributed by atoms with Crippen LogP contribution in [0.15, 0.2) is 121 Å². The lowest BCUT2D eigenvalue weighted by atomic mass is 9.92. The molecule has 4 aromatic rings. The average Bonchev–Trinajstić information content (AvgIpc) is 2.99. The number of rotatable bonds is 12. The van der Waals surface area contributed by atoms with Gasteiger partial charge in [-0.3, -0.25) is 9.59 Å².